The number of benzene rings is 2. The van der Waals surface area contributed by atoms with Gasteiger partial charge in [0.2, 0.25) is 0 Å². The molecule has 0 spiro atoms. The summed E-state index contributed by atoms with van der Waals surface area (Å²) in [5.74, 6) is 6.13. The molecular weight excluding hydrogens is 352 g/mol. The van der Waals surface area contributed by atoms with Gasteiger partial charge in [-0.1, -0.05) is 58.1 Å². The minimum Gasteiger partial charge on any atom is -0.0684 e. The van der Waals surface area contributed by atoms with Crippen molar-refractivity contribution in [3.05, 3.63) is 76.3 Å². The van der Waals surface area contributed by atoms with Crippen LogP contribution in [-0.4, -0.2) is 0 Å². The zero-order chi connectivity index (χ0) is 12.8. The van der Waals surface area contributed by atoms with E-state index in [9.17, 15) is 0 Å². The summed E-state index contributed by atoms with van der Waals surface area (Å²) in [4.78, 5) is 0. The van der Waals surface area contributed by atoms with Gasteiger partial charge in [0.1, 0.15) is 0 Å². The lowest BCUT2D eigenvalue weighted by molar-refractivity contribution is 1.61. The molecule has 0 amide bonds. The Hall–Kier alpha value is -1.30. The van der Waals surface area contributed by atoms with Crippen molar-refractivity contribution >= 4 is 36.3 Å². The molecule has 0 N–H and O–H groups in total. The predicted molar refractivity (Wildman–Crippen MR) is 84.4 cm³/mol. The molecule has 2 aromatic rings. The van der Waals surface area contributed by atoms with E-state index >= 15 is 0 Å². The average molecular weight is 362 g/mol. The van der Waals surface area contributed by atoms with Gasteiger partial charge in [0, 0.05) is 20.6 Å². The van der Waals surface area contributed by atoms with Crippen LogP contribution in [0, 0.1) is 11.8 Å². The Labute approximate surface area is 124 Å². The maximum atomic E-state index is 3.53. The normalized spacial score (nSPS) is 10.7. The predicted octanol–water partition coefficient (Wildman–Crippen LogP) is 5.24. The summed E-state index contributed by atoms with van der Waals surface area (Å²) in [5, 5.41) is 0. The fraction of sp³-hybridized carbons (Fsp3) is 0. The van der Waals surface area contributed by atoms with Crippen molar-refractivity contribution in [1.82, 2.24) is 0 Å². The second-order valence-electron chi connectivity index (χ2n) is 3.63. The lowest BCUT2D eigenvalue weighted by Gasteiger charge is -1.97. The van der Waals surface area contributed by atoms with Crippen molar-refractivity contribution < 1.29 is 0 Å². The topological polar surface area (TPSA) is 0 Å². The Morgan fingerprint density at radius 3 is 2.28 bits per heavy atom. The van der Waals surface area contributed by atoms with E-state index in [1.165, 1.54) is 0 Å². The number of rotatable bonds is 1. The quantitative estimate of drug-likeness (QED) is 0.609. The molecule has 2 heteroatoms. The van der Waals surface area contributed by atoms with Gasteiger partial charge in [0.05, 0.1) is 0 Å². The van der Waals surface area contributed by atoms with E-state index in [1.54, 1.807) is 0 Å². The van der Waals surface area contributed by atoms with E-state index in [4.69, 9.17) is 0 Å². The first-order valence-electron chi connectivity index (χ1n) is 5.44. The number of allylic oxidation sites excluding steroid dienone is 1. The Kier molecular flexibility index (Phi) is 4.81. The van der Waals surface area contributed by atoms with E-state index in [0.717, 1.165) is 20.1 Å². The van der Waals surface area contributed by atoms with Gasteiger partial charge in [-0.25, -0.2) is 0 Å². The van der Waals surface area contributed by atoms with Crippen molar-refractivity contribution in [2.24, 2.45) is 0 Å². The molecule has 0 aliphatic rings. The fourth-order valence-corrected chi connectivity index (χ4v) is 2.04. The monoisotopic (exact) mass is 360 g/mol. The first-order valence-corrected chi connectivity index (χ1v) is 7.02. The molecule has 0 fully saturated rings. The highest BCUT2D eigenvalue weighted by molar-refractivity contribution is 9.15. The smallest absolute Gasteiger partial charge is 0.0331 e. The second-order valence-corrected chi connectivity index (χ2v) is 5.40. The zero-order valence-electron chi connectivity index (χ0n) is 9.53. The SMILES string of the molecule is Br/C(=C\C#Cc1ccccc1)c1ccc(Br)cc1. The van der Waals surface area contributed by atoms with Crippen molar-refractivity contribution in [1.29, 1.82) is 0 Å². The maximum absolute atomic E-state index is 3.53. The van der Waals surface area contributed by atoms with Crippen LogP contribution in [0.1, 0.15) is 11.1 Å². The summed E-state index contributed by atoms with van der Waals surface area (Å²) in [6.07, 6.45) is 1.87. The van der Waals surface area contributed by atoms with E-state index in [2.05, 4.69) is 43.7 Å². The van der Waals surface area contributed by atoms with Crippen LogP contribution in [0.3, 0.4) is 0 Å². The Morgan fingerprint density at radius 1 is 0.944 bits per heavy atom. The summed E-state index contributed by atoms with van der Waals surface area (Å²) in [6.45, 7) is 0. The van der Waals surface area contributed by atoms with E-state index in [1.807, 2.05) is 60.7 Å². The van der Waals surface area contributed by atoms with E-state index in [0.29, 0.717) is 0 Å². The summed E-state index contributed by atoms with van der Waals surface area (Å²) >= 11 is 6.94. The van der Waals surface area contributed by atoms with Crippen LogP contribution in [0.15, 0.2) is 65.1 Å². The summed E-state index contributed by atoms with van der Waals surface area (Å²) in [5.41, 5.74) is 2.13. The van der Waals surface area contributed by atoms with Crippen LogP contribution in [0.25, 0.3) is 4.48 Å². The molecule has 0 aliphatic carbocycles. The largest absolute Gasteiger partial charge is 0.0684 e. The number of hydrogen-bond donors (Lipinski definition) is 0. The highest BCUT2D eigenvalue weighted by atomic mass is 79.9. The van der Waals surface area contributed by atoms with Gasteiger partial charge in [-0.15, -0.1) is 0 Å². The number of halogens is 2. The standard InChI is InChI=1S/C16H10Br2/c17-15-11-9-14(10-12-15)16(18)8-4-7-13-5-2-1-3-6-13/h1-3,5-6,8-12H/b16-8-. The lowest BCUT2D eigenvalue weighted by atomic mass is 10.2. The molecule has 2 rings (SSSR count). The van der Waals surface area contributed by atoms with Crippen LogP contribution >= 0.6 is 31.9 Å². The van der Waals surface area contributed by atoms with Crippen LogP contribution in [0.4, 0.5) is 0 Å². The average Bonchev–Trinajstić information content (AvgIpc) is 2.40. The first-order chi connectivity index (χ1) is 8.75. The highest BCUT2D eigenvalue weighted by Crippen LogP contribution is 2.22. The van der Waals surface area contributed by atoms with Crippen LogP contribution < -0.4 is 0 Å². The van der Waals surface area contributed by atoms with Gasteiger partial charge >= 0.3 is 0 Å². The Bertz CT molecular complexity index is 599. The molecular formula is C16H10Br2. The van der Waals surface area contributed by atoms with Gasteiger partial charge in [-0.3, -0.25) is 0 Å². The maximum Gasteiger partial charge on any atom is 0.0331 e. The molecule has 0 radical (unpaired) electrons. The van der Waals surface area contributed by atoms with Gasteiger partial charge in [0.15, 0.2) is 0 Å². The van der Waals surface area contributed by atoms with Crippen molar-refractivity contribution in [3.63, 3.8) is 0 Å². The summed E-state index contributed by atoms with van der Waals surface area (Å²) in [7, 11) is 0. The molecule has 0 bridgehead atoms. The third kappa shape index (κ3) is 3.87. The summed E-state index contributed by atoms with van der Waals surface area (Å²) in [6, 6.07) is 18.0. The lowest BCUT2D eigenvalue weighted by Crippen LogP contribution is -1.75. The third-order valence-electron chi connectivity index (χ3n) is 2.31. The Morgan fingerprint density at radius 2 is 1.61 bits per heavy atom. The molecule has 0 saturated heterocycles. The minimum absolute atomic E-state index is 0.985. The van der Waals surface area contributed by atoms with E-state index < -0.39 is 0 Å². The van der Waals surface area contributed by atoms with Crippen molar-refractivity contribution in [3.8, 4) is 11.8 Å². The van der Waals surface area contributed by atoms with Gasteiger partial charge < -0.3 is 0 Å². The van der Waals surface area contributed by atoms with Crippen molar-refractivity contribution in [2.75, 3.05) is 0 Å². The Balaban J connectivity index is 2.15. The van der Waals surface area contributed by atoms with Crippen LogP contribution in [-0.2, 0) is 0 Å². The van der Waals surface area contributed by atoms with Crippen LogP contribution in [0.5, 0.6) is 0 Å². The minimum atomic E-state index is 0.985. The van der Waals surface area contributed by atoms with E-state index in [-0.39, 0.29) is 0 Å². The molecule has 0 heterocycles. The first kappa shape index (κ1) is 13.1. The number of hydrogen-bond acceptors (Lipinski definition) is 0. The molecule has 2 aromatic carbocycles. The summed E-state index contributed by atoms with van der Waals surface area (Å²) < 4.78 is 2.06. The third-order valence-corrected chi connectivity index (χ3v) is 3.52. The molecule has 88 valence electrons. The molecule has 0 aromatic heterocycles. The fourth-order valence-electron chi connectivity index (χ4n) is 1.40. The van der Waals surface area contributed by atoms with Gasteiger partial charge in [-0.2, -0.15) is 0 Å². The molecule has 0 unspecified atom stereocenters. The molecule has 0 atom stereocenters. The molecule has 0 aliphatic heterocycles. The van der Waals surface area contributed by atoms with Crippen LogP contribution in [0.2, 0.25) is 0 Å². The van der Waals surface area contributed by atoms with Gasteiger partial charge in [-0.05, 0) is 45.8 Å². The van der Waals surface area contributed by atoms with Gasteiger partial charge in [0.25, 0.3) is 0 Å². The van der Waals surface area contributed by atoms with Crippen molar-refractivity contribution in [2.45, 2.75) is 0 Å². The molecule has 0 nitrogen and oxygen atoms in total. The highest BCUT2D eigenvalue weighted by Gasteiger charge is 1.95. The molecule has 18 heavy (non-hydrogen) atoms. The molecule has 0 saturated carbocycles. The second kappa shape index (κ2) is 6.58. The zero-order valence-corrected chi connectivity index (χ0v) is 12.7.